The summed E-state index contributed by atoms with van der Waals surface area (Å²) < 4.78 is 60.2. The fraction of sp³-hybridized carbons (Fsp3) is 0.115. The van der Waals surface area contributed by atoms with E-state index in [4.69, 9.17) is 21.5 Å². The van der Waals surface area contributed by atoms with Crippen LogP contribution in [0.2, 0.25) is 5.02 Å². The minimum atomic E-state index is -5.08. The monoisotopic (exact) mass is 591 g/mol. The Bertz CT molecular complexity index is 1640. The van der Waals surface area contributed by atoms with Crippen LogP contribution in [0.4, 0.5) is 42.0 Å². The highest BCUT2D eigenvalue weighted by atomic mass is 35.5. The molecular weight excluding hydrogens is 571 g/mol. The number of hydrogen-bond donors (Lipinski definition) is 4. The first kappa shape index (κ1) is 28.6. The molecule has 4 aromatic rings. The maximum Gasteiger partial charge on any atom is 0.490 e. The van der Waals surface area contributed by atoms with Crippen LogP contribution in [0.3, 0.4) is 0 Å². The second-order valence-corrected chi connectivity index (χ2v) is 10.6. The average Bonchev–Trinajstić information content (AvgIpc) is 2.90. The molecule has 3 aromatic carbocycles. The second kappa shape index (κ2) is 11.8. The van der Waals surface area contributed by atoms with Crippen LogP contribution < -0.4 is 15.4 Å². The Balaban J connectivity index is 0.000000470. The van der Waals surface area contributed by atoms with Gasteiger partial charge in [-0.1, -0.05) is 41.9 Å². The summed E-state index contributed by atoms with van der Waals surface area (Å²) in [6.07, 6.45) is -2.06. The van der Waals surface area contributed by atoms with Crippen LogP contribution in [0.15, 0.2) is 83.9 Å². The molecule has 0 unspecified atom stereocenters. The minimum absolute atomic E-state index is 0.196. The quantitative estimate of drug-likeness (QED) is 0.223. The van der Waals surface area contributed by atoms with Gasteiger partial charge < -0.3 is 15.7 Å². The highest BCUT2D eigenvalue weighted by Crippen LogP contribution is 2.29. The summed E-state index contributed by atoms with van der Waals surface area (Å²) in [6, 6.07) is 21.8. The third-order valence-corrected chi connectivity index (χ3v) is 7.11. The van der Waals surface area contributed by atoms with Crippen molar-refractivity contribution >= 4 is 56.4 Å². The molecule has 1 aromatic heterocycles. The van der Waals surface area contributed by atoms with Gasteiger partial charge in [-0.25, -0.2) is 18.2 Å². The smallest absolute Gasteiger partial charge is 0.475 e. The van der Waals surface area contributed by atoms with Crippen LogP contribution in [-0.2, 0) is 27.7 Å². The lowest BCUT2D eigenvalue weighted by Crippen LogP contribution is -2.21. The first-order valence-corrected chi connectivity index (χ1v) is 13.4. The minimum Gasteiger partial charge on any atom is -0.475 e. The van der Waals surface area contributed by atoms with Gasteiger partial charge in [0, 0.05) is 11.4 Å². The number of sulfonamides is 1. The zero-order valence-electron chi connectivity index (χ0n) is 20.4. The van der Waals surface area contributed by atoms with Gasteiger partial charge in [0.2, 0.25) is 5.95 Å². The van der Waals surface area contributed by atoms with E-state index >= 15 is 0 Å². The first-order valence-electron chi connectivity index (χ1n) is 11.6. The molecule has 0 saturated heterocycles. The van der Waals surface area contributed by atoms with Crippen LogP contribution in [0.1, 0.15) is 11.1 Å². The number of nitrogens with zero attached hydrogens (tertiary/aromatic N) is 2. The molecule has 40 heavy (non-hydrogen) atoms. The lowest BCUT2D eigenvalue weighted by atomic mass is 10.0. The van der Waals surface area contributed by atoms with Crippen molar-refractivity contribution in [1.29, 1.82) is 0 Å². The zero-order valence-corrected chi connectivity index (χ0v) is 22.0. The van der Waals surface area contributed by atoms with Gasteiger partial charge in [-0.15, -0.1) is 0 Å². The third kappa shape index (κ3) is 7.61. The molecule has 0 fully saturated rings. The van der Waals surface area contributed by atoms with Crippen molar-refractivity contribution in [2.45, 2.75) is 23.9 Å². The number of carboxylic acid groups (broad SMARTS) is 1. The number of anilines is 5. The molecule has 208 valence electrons. The molecule has 9 nitrogen and oxygen atoms in total. The van der Waals surface area contributed by atoms with Gasteiger partial charge >= 0.3 is 12.1 Å². The Labute approximate surface area is 232 Å². The van der Waals surface area contributed by atoms with E-state index < -0.39 is 22.2 Å². The van der Waals surface area contributed by atoms with Crippen molar-refractivity contribution in [3.8, 4) is 0 Å². The normalized spacial score (nSPS) is 12.6. The van der Waals surface area contributed by atoms with Crippen LogP contribution in [0.5, 0.6) is 0 Å². The van der Waals surface area contributed by atoms with E-state index in [0.717, 1.165) is 29.7 Å². The molecule has 6 bridgehead atoms. The number of carboxylic acids is 1. The number of halogens is 4. The third-order valence-electron chi connectivity index (χ3n) is 5.43. The Kier molecular flexibility index (Phi) is 8.45. The predicted molar refractivity (Wildman–Crippen MR) is 145 cm³/mol. The number of hydrogen-bond acceptors (Lipinski definition) is 7. The van der Waals surface area contributed by atoms with Gasteiger partial charge in [0.05, 0.1) is 16.8 Å². The number of benzene rings is 3. The van der Waals surface area contributed by atoms with Gasteiger partial charge in [-0.2, -0.15) is 18.2 Å². The molecule has 2 heterocycles. The van der Waals surface area contributed by atoms with Gasteiger partial charge in [0.1, 0.15) is 5.02 Å². The SMILES string of the molecule is O=C(O)C(F)(F)F.O=S(=O)(Nc1cc2cc(c1)Nc1nc(ncc1Cl)Nc1cccc(c1)CC2)c1ccccc1. The molecule has 5 rings (SSSR count). The Morgan fingerprint density at radius 2 is 1.60 bits per heavy atom. The Hall–Kier alpha value is -4.36. The predicted octanol–water partition coefficient (Wildman–Crippen LogP) is 6.15. The number of carbonyl (C=O) groups is 1. The first-order chi connectivity index (χ1) is 18.9. The highest BCUT2D eigenvalue weighted by Gasteiger charge is 2.38. The summed E-state index contributed by atoms with van der Waals surface area (Å²) in [5, 5.41) is 13.9. The van der Waals surface area contributed by atoms with Crippen LogP contribution in [-0.4, -0.2) is 35.6 Å². The number of nitrogens with one attached hydrogen (secondary N) is 3. The highest BCUT2D eigenvalue weighted by molar-refractivity contribution is 7.92. The van der Waals surface area contributed by atoms with Crippen molar-refractivity contribution < 1.29 is 31.5 Å². The summed E-state index contributed by atoms with van der Waals surface area (Å²) in [4.78, 5) is 17.8. The molecule has 0 aliphatic carbocycles. The lowest BCUT2D eigenvalue weighted by molar-refractivity contribution is -0.192. The number of fused-ring (bicyclic) bond motifs is 6. The van der Waals surface area contributed by atoms with Crippen molar-refractivity contribution in [2.75, 3.05) is 15.4 Å². The van der Waals surface area contributed by atoms with Gasteiger partial charge in [-0.05, 0) is 66.4 Å². The lowest BCUT2D eigenvalue weighted by Gasteiger charge is -2.14. The molecule has 14 heteroatoms. The van der Waals surface area contributed by atoms with Crippen LogP contribution in [0.25, 0.3) is 0 Å². The fourth-order valence-electron chi connectivity index (χ4n) is 3.66. The van der Waals surface area contributed by atoms with E-state index in [1.54, 1.807) is 36.4 Å². The summed E-state index contributed by atoms with van der Waals surface area (Å²) >= 11 is 6.33. The summed E-state index contributed by atoms with van der Waals surface area (Å²) in [5.41, 5.74) is 4.09. The van der Waals surface area contributed by atoms with E-state index in [1.807, 2.05) is 30.3 Å². The largest absolute Gasteiger partial charge is 0.490 e. The molecule has 1 aliphatic heterocycles. The molecule has 0 spiro atoms. The molecule has 0 atom stereocenters. The van der Waals surface area contributed by atoms with Gasteiger partial charge in [0.25, 0.3) is 10.0 Å². The number of aliphatic carboxylic acids is 1. The Morgan fingerprint density at radius 1 is 0.925 bits per heavy atom. The molecule has 0 saturated carbocycles. The molecule has 4 N–H and O–H groups in total. The van der Waals surface area contributed by atoms with Crippen molar-refractivity contribution in [3.05, 3.63) is 95.1 Å². The van der Waals surface area contributed by atoms with E-state index in [1.165, 1.54) is 6.20 Å². The molecule has 0 radical (unpaired) electrons. The van der Waals surface area contributed by atoms with Crippen LogP contribution >= 0.6 is 11.6 Å². The second-order valence-electron chi connectivity index (χ2n) is 8.48. The molecule has 1 aliphatic rings. The van der Waals surface area contributed by atoms with E-state index in [2.05, 4.69) is 31.4 Å². The number of aromatic nitrogens is 2. The van der Waals surface area contributed by atoms with Crippen molar-refractivity contribution in [1.82, 2.24) is 9.97 Å². The maximum absolute atomic E-state index is 12.9. The summed E-state index contributed by atoms with van der Waals surface area (Å²) in [6.45, 7) is 0. The molecular formula is C26H21ClF3N5O4S. The van der Waals surface area contributed by atoms with E-state index in [9.17, 15) is 21.6 Å². The zero-order chi connectivity index (χ0) is 28.9. The number of aryl methyl sites for hydroxylation is 2. The average molecular weight is 592 g/mol. The number of rotatable bonds is 3. The van der Waals surface area contributed by atoms with E-state index in [0.29, 0.717) is 28.2 Å². The van der Waals surface area contributed by atoms with Crippen LogP contribution in [0, 0.1) is 0 Å². The van der Waals surface area contributed by atoms with Crippen molar-refractivity contribution in [2.24, 2.45) is 0 Å². The fourth-order valence-corrected chi connectivity index (χ4v) is 4.85. The van der Waals surface area contributed by atoms with Crippen molar-refractivity contribution in [3.63, 3.8) is 0 Å². The standard InChI is InChI=1S/C24H20ClN5O2S.C2HF3O2/c25-22-15-26-24-28-18-6-4-5-16(11-18)9-10-17-12-19(27-23(22)29-24)14-20(13-17)30-33(31,32)21-7-2-1-3-8-21;3-2(4,5)1(6)7/h1-8,11-15,30H,9-10H2,(H2,26,27,28,29);(H,6,7). The topological polar surface area (TPSA) is 133 Å². The maximum atomic E-state index is 12.9. The van der Waals surface area contributed by atoms with E-state index in [-0.39, 0.29) is 4.90 Å². The summed E-state index contributed by atoms with van der Waals surface area (Å²) in [7, 11) is -3.73. The Morgan fingerprint density at radius 3 is 2.30 bits per heavy atom. The van der Waals surface area contributed by atoms with Gasteiger partial charge in [0.15, 0.2) is 5.82 Å². The summed E-state index contributed by atoms with van der Waals surface area (Å²) in [5.74, 6) is -1.94. The molecule has 0 amide bonds. The number of alkyl halides is 3. The van der Waals surface area contributed by atoms with Gasteiger partial charge in [-0.3, -0.25) is 4.72 Å².